The lowest BCUT2D eigenvalue weighted by molar-refractivity contribution is 0.0702. The van der Waals surface area contributed by atoms with E-state index < -0.39 is 5.97 Å². The third-order valence-corrected chi connectivity index (χ3v) is 3.48. The quantitative estimate of drug-likeness (QED) is 0.917. The van der Waals surface area contributed by atoms with Crippen molar-refractivity contribution in [2.75, 3.05) is 14.2 Å². The summed E-state index contributed by atoms with van der Waals surface area (Å²) < 4.78 is 10.4. The first-order chi connectivity index (χ1) is 9.62. The van der Waals surface area contributed by atoms with Gasteiger partial charge in [-0.2, -0.15) is 0 Å². The minimum Gasteiger partial charge on any atom is -0.497 e. The molecule has 1 aromatic carbocycles. The molecule has 0 amide bonds. The molecule has 104 valence electrons. The van der Waals surface area contributed by atoms with Crippen LogP contribution in [0.5, 0.6) is 11.5 Å². The Labute approximate surface area is 120 Å². The maximum Gasteiger partial charge on any atom is 0.347 e. The molecule has 2 rings (SSSR count). The number of benzene rings is 1. The number of carbonyl (C=O) groups is 1. The summed E-state index contributed by atoms with van der Waals surface area (Å²) in [4.78, 5) is 15.0. The van der Waals surface area contributed by atoms with Gasteiger partial charge >= 0.3 is 5.97 Å². The second-order valence-electron chi connectivity index (χ2n) is 3.85. The number of aromatic nitrogens is 1. The molecule has 2 aromatic rings. The summed E-state index contributed by atoms with van der Waals surface area (Å²) in [7, 11) is 3.17. The minimum absolute atomic E-state index is 0.216. The van der Waals surface area contributed by atoms with Crippen LogP contribution in [-0.4, -0.2) is 30.3 Å². The van der Waals surface area contributed by atoms with Crippen LogP contribution in [0.4, 0.5) is 0 Å². The zero-order valence-corrected chi connectivity index (χ0v) is 11.8. The van der Waals surface area contributed by atoms with Crippen LogP contribution in [0.2, 0.25) is 0 Å². The molecule has 0 spiro atoms. The molecule has 20 heavy (non-hydrogen) atoms. The third-order valence-electron chi connectivity index (χ3n) is 2.53. The highest BCUT2D eigenvalue weighted by Gasteiger charge is 2.06. The highest BCUT2D eigenvalue weighted by Crippen LogP contribution is 2.24. The number of carboxylic acids is 1. The summed E-state index contributed by atoms with van der Waals surface area (Å²) in [5.41, 5.74) is 0.883. The number of hydrogen-bond acceptors (Lipinski definition) is 5. The smallest absolute Gasteiger partial charge is 0.347 e. The van der Waals surface area contributed by atoms with Crippen molar-refractivity contribution in [1.29, 1.82) is 0 Å². The summed E-state index contributed by atoms with van der Waals surface area (Å²) in [5.74, 6) is 0.411. The van der Waals surface area contributed by atoms with E-state index >= 15 is 0 Å². The van der Waals surface area contributed by atoms with Gasteiger partial charge in [-0.05, 0) is 23.8 Å². The molecule has 1 N–H and O–H groups in total. The van der Waals surface area contributed by atoms with Crippen molar-refractivity contribution < 1.29 is 19.4 Å². The van der Waals surface area contributed by atoms with Crippen molar-refractivity contribution in [3.05, 3.63) is 39.8 Å². The van der Waals surface area contributed by atoms with Crippen LogP contribution in [-0.2, 0) is 0 Å². The average molecular weight is 291 g/mol. The number of aromatic carboxylic acids is 1. The minimum atomic E-state index is -0.967. The van der Waals surface area contributed by atoms with Gasteiger partial charge in [-0.15, -0.1) is 11.3 Å². The Morgan fingerprint density at radius 1 is 1.20 bits per heavy atom. The Balaban J connectivity index is 2.23. The lowest BCUT2D eigenvalue weighted by Crippen LogP contribution is -1.89. The number of thiazole rings is 1. The fourth-order valence-electron chi connectivity index (χ4n) is 1.56. The van der Waals surface area contributed by atoms with Crippen molar-refractivity contribution in [3.8, 4) is 11.5 Å². The Hall–Kier alpha value is -2.34. The maximum absolute atomic E-state index is 10.8. The van der Waals surface area contributed by atoms with Gasteiger partial charge in [0.15, 0.2) is 0 Å². The van der Waals surface area contributed by atoms with Crippen LogP contribution in [0.15, 0.2) is 24.4 Å². The van der Waals surface area contributed by atoms with E-state index in [-0.39, 0.29) is 4.88 Å². The second-order valence-corrected chi connectivity index (χ2v) is 4.91. The van der Waals surface area contributed by atoms with E-state index in [0.29, 0.717) is 16.5 Å². The van der Waals surface area contributed by atoms with Crippen LogP contribution in [0.25, 0.3) is 12.2 Å². The molecule has 0 saturated carbocycles. The van der Waals surface area contributed by atoms with Gasteiger partial charge < -0.3 is 14.6 Å². The molecular weight excluding hydrogens is 278 g/mol. The van der Waals surface area contributed by atoms with Crippen molar-refractivity contribution in [2.24, 2.45) is 0 Å². The van der Waals surface area contributed by atoms with E-state index in [4.69, 9.17) is 14.6 Å². The maximum atomic E-state index is 10.8. The molecule has 0 fully saturated rings. The monoisotopic (exact) mass is 291 g/mol. The van der Waals surface area contributed by atoms with Crippen LogP contribution in [0, 0.1) is 0 Å². The Kier molecular flexibility index (Phi) is 4.37. The summed E-state index contributed by atoms with van der Waals surface area (Å²) in [6.07, 6.45) is 4.93. The molecule has 1 heterocycles. The molecule has 0 radical (unpaired) electrons. The zero-order chi connectivity index (χ0) is 14.5. The van der Waals surface area contributed by atoms with Gasteiger partial charge in [-0.1, -0.05) is 6.08 Å². The first-order valence-electron chi connectivity index (χ1n) is 5.72. The first-order valence-corrected chi connectivity index (χ1v) is 6.54. The SMILES string of the molecule is COc1cc(C=Cc2ncc(C(=O)O)s2)cc(OC)c1. The summed E-state index contributed by atoms with van der Waals surface area (Å²) in [6.45, 7) is 0. The molecule has 0 aliphatic heterocycles. The number of ether oxygens (including phenoxy) is 2. The van der Waals surface area contributed by atoms with Gasteiger partial charge in [-0.25, -0.2) is 9.78 Å². The lowest BCUT2D eigenvalue weighted by Gasteiger charge is -2.05. The first kappa shape index (κ1) is 14.1. The summed E-state index contributed by atoms with van der Waals surface area (Å²) in [6, 6.07) is 5.48. The van der Waals surface area contributed by atoms with Gasteiger partial charge in [0.2, 0.25) is 0 Å². The molecule has 5 nitrogen and oxygen atoms in total. The number of carboxylic acid groups (broad SMARTS) is 1. The van der Waals surface area contributed by atoms with Crippen LogP contribution in [0.1, 0.15) is 20.2 Å². The second kappa shape index (κ2) is 6.21. The highest BCUT2D eigenvalue weighted by molar-refractivity contribution is 7.14. The van der Waals surface area contributed by atoms with Gasteiger partial charge in [0, 0.05) is 6.07 Å². The Bertz CT molecular complexity index is 626. The van der Waals surface area contributed by atoms with Crippen molar-refractivity contribution in [2.45, 2.75) is 0 Å². The highest BCUT2D eigenvalue weighted by atomic mass is 32.1. The number of methoxy groups -OCH3 is 2. The molecule has 0 unspecified atom stereocenters. The third kappa shape index (κ3) is 3.36. The van der Waals surface area contributed by atoms with E-state index in [0.717, 1.165) is 16.9 Å². The van der Waals surface area contributed by atoms with E-state index in [9.17, 15) is 4.79 Å². The Morgan fingerprint density at radius 2 is 1.85 bits per heavy atom. The largest absolute Gasteiger partial charge is 0.497 e. The van der Waals surface area contributed by atoms with E-state index in [1.807, 2.05) is 18.2 Å². The molecule has 0 bridgehead atoms. The van der Waals surface area contributed by atoms with Gasteiger partial charge in [0.1, 0.15) is 21.4 Å². The summed E-state index contributed by atoms with van der Waals surface area (Å²) in [5, 5.41) is 9.46. The van der Waals surface area contributed by atoms with Crippen LogP contribution < -0.4 is 9.47 Å². The lowest BCUT2D eigenvalue weighted by atomic mass is 10.2. The van der Waals surface area contributed by atoms with Crippen molar-refractivity contribution in [3.63, 3.8) is 0 Å². The van der Waals surface area contributed by atoms with Crippen LogP contribution in [0.3, 0.4) is 0 Å². The van der Waals surface area contributed by atoms with E-state index in [1.165, 1.54) is 6.20 Å². The van der Waals surface area contributed by atoms with Crippen molar-refractivity contribution >= 4 is 29.5 Å². The fraction of sp³-hybridized carbons (Fsp3) is 0.143. The number of rotatable bonds is 5. The van der Waals surface area contributed by atoms with Gasteiger partial charge in [0.05, 0.1) is 20.4 Å². The van der Waals surface area contributed by atoms with E-state index in [2.05, 4.69) is 4.98 Å². The average Bonchev–Trinajstić information content (AvgIpc) is 2.93. The molecule has 6 heteroatoms. The molecule has 0 saturated heterocycles. The molecule has 0 atom stereocenters. The van der Waals surface area contributed by atoms with Gasteiger partial charge in [-0.3, -0.25) is 0 Å². The number of nitrogens with zero attached hydrogens (tertiary/aromatic N) is 1. The normalized spacial score (nSPS) is 10.7. The topological polar surface area (TPSA) is 68.7 Å². The zero-order valence-electron chi connectivity index (χ0n) is 11.0. The van der Waals surface area contributed by atoms with Crippen molar-refractivity contribution in [1.82, 2.24) is 4.98 Å². The molecule has 1 aromatic heterocycles. The predicted octanol–water partition coefficient (Wildman–Crippen LogP) is 3.03. The fourth-order valence-corrected chi connectivity index (χ4v) is 2.22. The molecule has 0 aliphatic carbocycles. The molecular formula is C14H13NO4S. The predicted molar refractivity (Wildman–Crippen MR) is 77.5 cm³/mol. The Morgan fingerprint density at radius 3 is 2.35 bits per heavy atom. The standard InChI is InChI=1S/C14H13NO4S/c1-18-10-5-9(6-11(7-10)19-2)3-4-13-15-8-12(20-13)14(16)17/h3-8H,1-2H3,(H,16,17). The summed E-state index contributed by atoms with van der Waals surface area (Å²) >= 11 is 1.12. The number of hydrogen-bond donors (Lipinski definition) is 1. The molecule has 0 aliphatic rings. The van der Waals surface area contributed by atoms with Crippen LogP contribution >= 0.6 is 11.3 Å². The van der Waals surface area contributed by atoms with E-state index in [1.54, 1.807) is 26.4 Å². The van der Waals surface area contributed by atoms with Gasteiger partial charge in [0.25, 0.3) is 0 Å².